The average Bonchev–Trinajstić information content (AvgIpc) is 2.74. The second kappa shape index (κ2) is 5.54. The van der Waals surface area contributed by atoms with Gasteiger partial charge >= 0.3 is 0 Å². The van der Waals surface area contributed by atoms with E-state index in [1.165, 1.54) is 11.1 Å². The van der Waals surface area contributed by atoms with Crippen molar-refractivity contribution in [3.05, 3.63) is 29.3 Å². The molecule has 1 saturated carbocycles. The van der Waals surface area contributed by atoms with Crippen LogP contribution in [0.3, 0.4) is 0 Å². The van der Waals surface area contributed by atoms with E-state index in [1.54, 1.807) is 7.11 Å². The number of aliphatic hydroxyl groups excluding tert-OH is 1. The summed E-state index contributed by atoms with van der Waals surface area (Å²) >= 11 is 0. The SMILES string of the molecule is COc1cc(C(C)(C)C)ccc1CC1CCCC1O. The van der Waals surface area contributed by atoms with Gasteiger partial charge in [0.05, 0.1) is 13.2 Å². The molecular formula is C17H26O2. The second-order valence-electron chi connectivity index (χ2n) is 6.74. The molecule has 0 bridgehead atoms. The number of hydrogen-bond acceptors (Lipinski definition) is 2. The van der Waals surface area contributed by atoms with Crippen LogP contribution in [0.15, 0.2) is 18.2 Å². The largest absolute Gasteiger partial charge is 0.496 e. The van der Waals surface area contributed by atoms with E-state index in [-0.39, 0.29) is 11.5 Å². The summed E-state index contributed by atoms with van der Waals surface area (Å²) < 4.78 is 5.55. The number of aliphatic hydroxyl groups is 1. The highest BCUT2D eigenvalue weighted by Gasteiger charge is 2.26. The number of ether oxygens (including phenoxy) is 1. The van der Waals surface area contributed by atoms with Gasteiger partial charge in [0.1, 0.15) is 5.75 Å². The average molecular weight is 262 g/mol. The highest BCUT2D eigenvalue weighted by atomic mass is 16.5. The third kappa shape index (κ3) is 3.30. The van der Waals surface area contributed by atoms with E-state index < -0.39 is 0 Å². The van der Waals surface area contributed by atoms with Crippen LogP contribution in [0.1, 0.15) is 51.2 Å². The minimum absolute atomic E-state index is 0.132. The molecule has 2 nitrogen and oxygen atoms in total. The van der Waals surface area contributed by atoms with Gasteiger partial charge in [-0.15, -0.1) is 0 Å². The van der Waals surface area contributed by atoms with Crippen molar-refractivity contribution in [3.8, 4) is 5.75 Å². The Bertz CT molecular complexity index is 431. The fourth-order valence-electron chi connectivity index (χ4n) is 2.92. The van der Waals surface area contributed by atoms with E-state index in [0.29, 0.717) is 5.92 Å². The predicted octanol–water partition coefficient (Wildman–Crippen LogP) is 3.70. The zero-order valence-electron chi connectivity index (χ0n) is 12.6. The van der Waals surface area contributed by atoms with Gasteiger partial charge in [0.2, 0.25) is 0 Å². The van der Waals surface area contributed by atoms with E-state index in [2.05, 4.69) is 39.0 Å². The highest BCUT2D eigenvalue weighted by molar-refractivity contribution is 5.40. The van der Waals surface area contributed by atoms with Gasteiger partial charge in [-0.05, 0) is 47.8 Å². The van der Waals surface area contributed by atoms with Crippen molar-refractivity contribution in [2.45, 2.75) is 58.0 Å². The molecule has 1 aromatic carbocycles. The fourth-order valence-corrected chi connectivity index (χ4v) is 2.92. The van der Waals surface area contributed by atoms with Crippen molar-refractivity contribution < 1.29 is 9.84 Å². The van der Waals surface area contributed by atoms with E-state index in [0.717, 1.165) is 31.4 Å². The first-order chi connectivity index (χ1) is 8.91. The van der Waals surface area contributed by atoms with Crippen molar-refractivity contribution in [2.24, 2.45) is 5.92 Å². The minimum atomic E-state index is -0.132. The molecule has 2 rings (SSSR count). The first-order valence-electron chi connectivity index (χ1n) is 7.27. The predicted molar refractivity (Wildman–Crippen MR) is 78.7 cm³/mol. The van der Waals surface area contributed by atoms with Crippen LogP contribution in [0.4, 0.5) is 0 Å². The standard InChI is InChI=1S/C17H26O2/c1-17(2,3)14-9-8-13(16(11-14)19-4)10-12-6-5-7-15(12)18/h8-9,11-12,15,18H,5-7,10H2,1-4H3. The summed E-state index contributed by atoms with van der Waals surface area (Å²) in [6, 6.07) is 6.51. The van der Waals surface area contributed by atoms with Crippen molar-refractivity contribution in [2.75, 3.05) is 7.11 Å². The second-order valence-corrected chi connectivity index (χ2v) is 6.74. The molecular weight excluding hydrogens is 236 g/mol. The first-order valence-corrected chi connectivity index (χ1v) is 7.27. The van der Waals surface area contributed by atoms with Gasteiger partial charge in [-0.2, -0.15) is 0 Å². The zero-order chi connectivity index (χ0) is 14.0. The lowest BCUT2D eigenvalue weighted by atomic mass is 9.85. The van der Waals surface area contributed by atoms with Crippen LogP contribution in [0.25, 0.3) is 0 Å². The molecule has 2 unspecified atom stereocenters. The van der Waals surface area contributed by atoms with Gasteiger partial charge in [-0.3, -0.25) is 0 Å². The Balaban J connectivity index is 2.21. The van der Waals surface area contributed by atoms with Gasteiger partial charge in [-0.1, -0.05) is 39.3 Å². The number of rotatable bonds is 3. The van der Waals surface area contributed by atoms with E-state index in [4.69, 9.17) is 4.74 Å². The molecule has 1 aliphatic carbocycles. The minimum Gasteiger partial charge on any atom is -0.496 e. The van der Waals surface area contributed by atoms with Crippen LogP contribution < -0.4 is 4.74 Å². The van der Waals surface area contributed by atoms with Crippen LogP contribution in [0, 0.1) is 5.92 Å². The summed E-state index contributed by atoms with van der Waals surface area (Å²) in [5, 5.41) is 9.96. The smallest absolute Gasteiger partial charge is 0.122 e. The summed E-state index contributed by atoms with van der Waals surface area (Å²) in [5.74, 6) is 1.36. The lowest BCUT2D eigenvalue weighted by molar-refractivity contribution is 0.132. The van der Waals surface area contributed by atoms with Crippen molar-refractivity contribution in [3.63, 3.8) is 0 Å². The Labute approximate surface area is 116 Å². The maximum absolute atomic E-state index is 9.96. The van der Waals surface area contributed by atoms with Gasteiger partial charge < -0.3 is 9.84 Å². The van der Waals surface area contributed by atoms with Crippen LogP contribution in [0.5, 0.6) is 5.75 Å². The molecule has 1 N–H and O–H groups in total. The third-order valence-corrected chi connectivity index (χ3v) is 4.25. The highest BCUT2D eigenvalue weighted by Crippen LogP contribution is 2.34. The molecule has 0 spiro atoms. The van der Waals surface area contributed by atoms with Crippen LogP contribution in [-0.4, -0.2) is 18.3 Å². The Morgan fingerprint density at radius 2 is 2.00 bits per heavy atom. The molecule has 1 aromatic rings. The molecule has 2 atom stereocenters. The molecule has 0 aliphatic heterocycles. The molecule has 0 saturated heterocycles. The van der Waals surface area contributed by atoms with Crippen LogP contribution in [0.2, 0.25) is 0 Å². The van der Waals surface area contributed by atoms with Crippen molar-refractivity contribution >= 4 is 0 Å². The summed E-state index contributed by atoms with van der Waals surface area (Å²) in [6.07, 6.45) is 4.02. The molecule has 106 valence electrons. The lowest BCUT2D eigenvalue weighted by Crippen LogP contribution is -2.16. The number of benzene rings is 1. The Hall–Kier alpha value is -1.02. The van der Waals surface area contributed by atoms with Gasteiger partial charge in [-0.25, -0.2) is 0 Å². The maximum Gasteiger partial charge on any atom is 0.122 e. The molecule has 0 amide bonds. The maximum atomic E-state index is 9.96. The van der Waals surface area contributed by atoms with E-state index >= 15 is 0 Å². The number of methoxy groups -OCH3 is 1. The first kappa shape index (κ1) is 14.4. The Kier molecular flexibility index (Phi) is 4.19. The van der Waals surface area contributed by atoms with Gasteiger partial charge in [0.25, 0.3) is 0 Å². The summed E-state index contributed by atoms with van der Waals surface area (Å²) in [7, 11) is 1.73. The molecule has 19 heavy (non-hydrogen) atoms. The lowest BCUT2D eigenvalue weighted by Gasteiger charge is -2.22. The summed E-state index contributed by atoms with van der Waals surface area (Å²) in [5.41, 5.74) is 2.65. The summed E-state index contributed by atoms with van der Waals surface area (Å²) in [4.78, 5) is 0. The summed E-state index contributed by atoms with van der Waals surface area (Å²) in [6.45, 7) is 6.63. The van der Waals surface area contributed by atoms with Gasteiger partial charge in [0.15, 0.2) is 0 Å². The fraction of sp³-hybridized carbons (Fsp3) is 0.647. The van der Waals surface area contributed by atoms with Crippen LogP contribution >= 0.6 is 0 Å². The van der Waals surface area contributed by atoms with Gasteiger partial charge in [0, 0.05) is 0 Å². The number of hydrogen-bond donors (Lipinski definition) is 1. The third-order valence-electron chi connectivity index (χ3n) is 4.25. The molecule has 0 radical (unpaired) electrons. The van der Waals surface area contributed by atoms with E-state index in [1.807, 2.05) is 0 Å². The normalized spacial score (nSPS) is 23.6. The topological polar surface area (TPSA) is 29.5 Å². The Morgan fingerprint density at radius 1 is 1.26 bits per heavy atom. The molecule has 0 aromatic heterocycles. The Morgan fingerprint density at radius 3 is 2.53 bits per heavy atom. The molecule has 2 heteroatoms. The molecule has 1 aliphatic rings. The van der Waals surface area contributed by atoms with Crippen molar-refractivity contribution in [1.82, 2.24) is 0 Å². The quantitative estimate of drug-likeness (QED) is 0.900. The molecule has 1 fully saturated rings. The van der Waals surface area contributed by atoms with Crippen LogP contribution in [-0.2, 0) is 11.8 Å². The van der Waals surface area contributed by atoms with Crippen molar-refractivity contribution in [1.29, 1.82) is 0 Å². The molecule has 0 heterocycles. The van der Waals surface area contributed by atoms with E-state index in [9.17, 15) is 5.11 Å². The zero-order valence-corrected chi connectivity index (χ0v) is 12.6. The monoisotopic (exact) mass is 262 g/mol.